The van der Waals surface area contributed by atoms with E-state index >= 15 is 0 Å². The molecule has 0 rings (SSSR count). The van der Waals surface area contributed by atoms with Gasteiger partial charge >= 0.3 is 37.2 Å². The average molecular weight is 199 g/mol. The van der Waals surface area contributed by atoms with Crippen molar-refractivity contribution in [2.45, 2.75) is 0 Å². The van der Waals surface area contributed by atoms with Gasteiger partial charge in [-0.05, 0) is 0 Å². The van der Waals surface area contributed by atoms with E-state index in [1.807, 2.05) is 0 Å². The van der Waals surface area contributed by atoms with Crippen molar-refractivity contribution in [2.75, 3.05) is 0 Å². The van der Waals surface area contributed by atoms with Gasteiger partial charge < -0.3 is 32.9 Å². The number of hydrogen-bond acceptors (Lipinski definition) is 6. The molecule has 6 nitrogen and oxygen atoms in total. The third-order valence-electron chi connectivity index (χ3n) is 0. The van der Waals surface area contributed by atoms with Crippen molar-refractivity contribution in [3.8, 4) is 0 Å². The van der Waals surface area contributed by atoms with Crippen molar-refractivity contribution in [3.63, 3.8) is 0 Å². The second-order valence-corrected chi connectivity index (χ2v) is 0. The topological polar surface area (TPSA) is 180 Å². The quantitative estimate of drug-likeness (QED) is 0.413. The molecule has 0 amide bonds. The first kappa shape index (κ1) is 651. The summed E-state index contributed by atoms with van der Waals surface area (Å²) in [5.41, 5.74) is 0. The summed E-state index contributed by atoms with van der Waals surface area (Å²) in [4.78, 5) is 0. The summed E-state index contributed by atoms with van der Waals surface area (Å²) in [5, 5.41) is 0. The molecule has 0 saturated carbocycles. The van der Waals surface area contributed by atoms with Gasteiger partial charge in [-0.3, -0.25) is 0 Å². The van der Waals surface area contributed by atoms with Crippen molar-refractivity contribution >= 4 is 37.2 Å². The minimum absolute atomic E-state index is 0. The van der Waals surface area contributed by atoms with Crippen LogP contribution in [-0.2, 0) is 0 Å². The van der Waals surface area contributed by atoms with Crippen LogP contribution in [0.2, 0.25) is 0 Å². The smallest absolute Gasteiger partial charge is 0.870 e. The fourth-order valence-corrected chi connectivity index (χ4v) is 0. The van der Waals surface area contributed by atoms with Crippen LogP contribution < -0.4 is 0 Å². The van der Waals surface area contributed by atoms with E-state index < -0.39 is 0 Å². The largest absolute Gasteiger partial charge is 3.00 e. The minimum Gasteiger partial charge on any atom is -0.870 e. The molecule has 0 aliphatic rings. The Balaban J connectivity index is 0. The van der Waals surface area contributed by atoms with E-state index in [1.165, 1.54) is 0 Å². The Labute approximate surface area is 70.3 Å². The molecule has 0 saturated heterocycles. The summed E-state index contributed by atoms with van der Waals surface area (Å²) >= 11 is 0. The second kappa shape index (κ2) is 441. The molecule has 0 unspecified atom stereocenters. The fraction of sp³-hybridized carbons (Fsp3) is 0. The summed E-state index contributed by atoms with van der Waals surface area (Å²) in [6, 6.07) is 0. The van der Waals surface area contributed by atoms with E-state index in [2.05, 4.69) is 0 Å². The summed E-state index contributed by atoms with van der Waals surface area (Å²) in [6.45, 7) is 0. The molecular weight excluding hydrogens is 193 g/mol. The van der Waals surface area contributed by atoms with Gasteiger partial charge in [0.05, 0.1) is 0 Å². The standard InChI is InChI=1S/Al.Ga.6H2O/h;;6*1H2/q2*+3;;;;;;/p-6. The first-order valence-corrected chi connectivity index (χ1v) is 0. The Morgan fingerprint density at radius 1 is 0.375 bits per heavy atom. The molecule has 0 bridgehead atoms. The maximum Gasteiger partial charge on any atom is 3.00 e. The molecule has 0 fully saturated rings. The van der Waals surface area contributed by atoms with Crippen LogP contribution >= 0.6 is 0 Å². The Kier molecular flexibility index (Phi) is 35900. The van der Waals surface area contributed by atoms with E-state index in [0.717, 1.165) is 0 Å². The molecule has 0 radical (unpaired) electrons. The van der Waals surface area contributed by atoms with Gasteiger partial charge in [-0.2, -0.15) is 0 Å². The maximum atomic E-state index is 0. The summed E-state index contributed by atoms with van der Waals surface area (Å²) in [7, 11) is 0. The average Bonchev–Trinajstić information content (AvgIpc) is 0. The van der Waals surface area contributed by atoms with Gasteiger partial charge in [0.25, 0.3) is 0 Å². The van der Waals surface area contributed by atoms with Crippen molar-refractivity contribution in [1.82, 2.24) is 0 Å². The van der Waals surface area contributed by atoms with Gasteiger partial charge in [-0.15, -0.1) is 0 Å². The van der Waals surface area contributed by atoms with Crippen molar-refractivity contribution in [1.29, 1.82) is 0 Å². The van der Waals surface area contributed by atoms with E-state index in [4.69, 9.17) is 0 Å². The number of hydrogen-bond donors (Lipinski definition) is 0. The van der Waals surface area contributed by atoms with Crippen LogP contribution in [0.4, 0.5) is 0 Å². The Bertz CT molecular complexity index is 8.49. The predicted molar refractivity (Wildman–Crippen MR) is 23.1 cm³/mol. The summed E-state index contributed by atoms with van der Waals surface area (Å²) < 4.78 is 0. The maximum absolute atomic E-state index is 0. The van der Waals surface area contributed by atoms with Crippen LogP contribution in [0.5, 0.6) is 0 Å². The van der Waals surface area contributed by atoms with Crippen molar-refractivity contribution < 1.29 is 32.9 Å². The normalized spacial score (nSPS) is 0. The zero-order chi connectivity index (χ0) is 0. The molecule has 8 heteroatoms. The van der Waals surface area contributed by atoms with Gasteiger partial charge in [0, 0.05) is 0 Å². The van der Waals surface area contributed by atoms with Gasteiger partial charge in [0.1, 0.15) is 0 Å². The number of rotatable bonds is 0. The predicted octanol–water partition coefficient (Wildman–Crippen LogP) is -1.82. The summed E-state index contributed by atoms with van der Waals surface area (Å²) in [6.07, 6.45) is 0. The minimum atomic E-state index is 0. The third-order valence-corrected chi connectivity index (χ3v) is 0. The molecule has 0 aliphatic heterocycles. The van der Waals surface area contributed by atoms with E-state index in [9.17, 15) is 0 Å². The van der Waals surface area contributed by atoms with Crippen LogP contribution in [0.15, 0.2) is 0 Å². The van der Waals surface area contributed by atoms with E-state index in [1.54, 1.807) is 0 Å². The molecule has 0 spiro atoms. The van der Waals surface area contributed by atoms with Crippen LogP contribution in [0.25, 0.3) is 0 Å². The zero-order valence-corrected chi connectivity index (χ0v) is 7.42. The first-order chi connectivity index (χ1) is 0. The zero-order valence-electron chi connectivity index (χ0n) is 3.84. The Hall–Kier alpha value is 0.929. The van der Waals surface area contributed by atoms with E-state index in [0.29, 0.717) is 0 Å². The molecular formula is H6AlGaO6. The van der Waals surface area contributed by atoms with Crippen molar-refractivity contribution in [2.24, 2.45) is 0 Å². The fourth-order valence-electron chi connectivity index (χ4n) is 0. The monoisotopic (exact) mass is 198 g/mol. The molecule has 48 valence electrons. The van der Waals surface area contributed by atoms with Crippen LogP contribution in [-0.4, -0.2) is 70.0 Å². The Morgan fingerprint density at radius 3 is 0.375 bits per heavy atom. The Morgan fingerprint density at radius 2 is 0.375 bits per heavy atom. The molecule has 0 aromatic carbocycles. The molecule has 0 aromatic rings. The second-order valence-electron chi connectivity index (χ2n) is 0. The van der Waals surface area contributed by atoms with Crippen LogP contribution in [0.3, 0.4) is 0 Å². The third kappa shape index (κ3) is 282. The van der Waals surface area contributed by atoms with E-state index in [-0.39, 0.29) is 70.0 Å². The van der Waals surface area contributed by atoms with Crippen LogP contribution in [0, 0.1) is 0 Å². The molecule has 0 heterocycles. The SMILES string of the molecule is [Al+3].[Ga+3].[OH-].[OH-].[OH-].[OH-].[OH-].[OH-]. The molecule has 8 heavy (non-hydrogen) atoms. The van der Waals surface area contributed by atoms with Gasteiger partial charge in [0.2, 0.25) is 0 Å². The molecule has 0 atom stereocenters. The summed E-state index contributed by atoms with van der Waals surface area (Å²) in [5.74, 6) is 0. The molecule has 0 aliphatic carbocycles. The molecule has 6 N–H and O–H groups in total. The van der Waals surface area contributed by atoms with Gasteiger partial charge in [-0.25, -0.2) is 0 Å². The first-order valence-electron chi connectivity index (χ1n) is 0. The van der Waals surface area contributed by atoms with Crippen molar-refractivity contribution in [3.05, 3.63) is 0 Å². The van der Waals surface area contributed by atoms with Gasteiger partial charge in [-0.1, -0.05) is 0 Å². The molecule has 0 aromatic heterocycles. The van der Waals surface area contributed by atoms with Crippen LogP contribution in [0.1, 0.15) is 0 Å². The van der Waals surface area contributed by atoms with Gasteiger partial charge in [0.15, 0.2) is 0 Å².